The highest BCUT2D eigenvalue weighted by atomic mass is 32.2. The van der Waals surface area contributed by atoms with E-state index >= 15 is 0 Å². The average Bonchev–Trinajstić information content (AvgIpc) is 2.36. The van der Waals surface area contributed by atoms with Crippen LogP contribution in [0.25, 0.3) is 0 Å². The molecule has 0 aliphatic carbocycles. The average molecular weight is 317 g/mol. The van der Waals surface area contributed by atoms with Gasteiger partial charge < -0.3 is 4.74 Å². The van der Waals surface area contributed by atoms with E-state index in [1.165, 1.54) is 12.1 Å². The Morgan fingerprint density at radius 3 is 2.52 bits per heavy atom. The number of alkyl halides is 3. The van der Waals surface area contributed by atoms with Crippen LogP contribution in [0.1, 0.15) is 30.5 Å². The maximum absolute atomic E-state index is 12.5. The second-order valence-corrected chi connectivity index (χ2v) is 5.24. The van der Waals surface area contributed by atoms with Crippen LogP contribution >= 0.6 is 11.8 Å². The Balaban J connectivity index is 3.22. The fraction of sp³-hybridized carbons (Fsp3) is 0.429. The lowest BCUT2D eigenvalue weighted by Crippen LogP contribution is -2.10. The maximum atomic E-state index is 12.5. The molecule has 0 bridgehead atoms. The molecule has 0 unspecified atom stereocenters. The molecule has 0 aliphatic heterocycles. The van der Waals surface area contributed by atoms with Crippen molar-refractivity contribution in [1.29, 1.82) is 5.26 Å². The smallest absolute Gasteiger partial charge is 0.446 e. The van der Waals surface area contributed by atoms with Gasteiger partial charge in [0.25, 0.3) is 0 Å². The van der Waals surface area contributed by atoms with E-state index in [4.69, 9.17) is 10.00 Å². The summed E-state index contributed by atoms with van der Waals surface area (Å²) < 4.78 is 42.2. The van der Waals surface area contributed by atoms with Gasteiger partial charge in [-0.05, 0) is 48.4 Å². The van der Waals surface area contributed by atoms with Crippen molar-refractivity contribution in [1.82, 2.24) is 0 Å². The first-order chi connectivity index (χ1) is 9.80. The van der Waals surface area contributed by atoms with Crippen LogP contribution in [0.4, 0.5) is 13.2 Å². The number of nitriles is 1. The van der Waals surface area contributed by atoms with Gasteiger partial charge in [-0.3, -0.25) is 4.79 Å². The zero-order chi connectivity index (χ0) is 16.0. The molecule has 0 saturated carbocycles. The van der Waals surface area contributed by atoms with Crippen LogP contribution in [0.2, 0.25) is 0 Å². The van der Waals surface area contributed by atoms with E-state index in [0.29, 0.717) is 17.5 Å². The van der Waals surface area contributed by atoms with Crippen molar-refractivity contribution in [3.63, 3.8) is 0 Å². The first kappa shape index (κ1) is 17.4. The molecule has 0 spiro atoms. The largest absolute Gasteiger partial charge is 0.466 e. The number of benzene rings is 1. The molecular formula is C14H14F3NO2S. The number of nitrogens with zero attached hydrogens (tertiary/aromatic N) is 1. The molecule has 21 heavy (non-hydrogen) atoms. The van der Waals surface area contributed by atoms with Crippen molar-refractivity contribution in [3.8, 4) is 6.07 Å². The zero-order valence-electron chi connectivity index (χ0n) is 11.6. The molecule has 0 saturated heterocycles. The van der Waals surface area contributed by atoms with E-state index in [1.807, 2.05) is 6.07 Å². The molecular weight excluding hydrogens is 303 g/mol. The number of hydrogen-bond donors (Lipinski definition) is 0. The van der Waals surface area contributed by atoms with Gasteiger partial charge >= 0.3 is 11.5 Å². The zero-order valence-corrected chi connectivity index (χ0v) is 12.4. The quantitative estimate of drug-likeness (QED) is 0.611. The van der Waals surface area contributed by atoms with Crippen molar-refractivity contribution >= 4 is 17.7 Å². The first-order valence-electron chi connectivity index (χ1n) is 6.28. The summed E-state index contributed by atoms with van der Waals surface area (Å²) in [6.07, 6.45) is 0.312. The van der Waals surface area contributed by atoms with Gasteiger partial charge in [0.1, 0.15) is 0 Å². The third-order valence-corrected chi connectivity index (χ3v) is 3.37. The minimum Gasteiger partial charge on any atom is -0.466 e. The van der Waals surface area contributed by atoms with E-state index in [9.17, 15) is 18.0 Å². The summed E-state index contributed by atoms with van der Waals surface area (Å²) in [5.74, 6) is -0.523. The summed E-state index contributed by atoms with van der Waals surface area (Å²) in [6.45, 7) is 3.62. The number of rotatable bonds is 5. The highest BCUT2D eigenvalue weighted by Crippen LogP contribution is 2.38. The van der Waals surface area contributed by atoms with Crippen LogP contribution in [0.15, 0.2) is 17.0 Å². The molecule has 7 heteroatoms. The number of ether oxygens (including phenoxy) is 1. The lowest BCUT2D eigenvalue weighted by atomic mass is 9.97. The number of thioether (sulfide) groups is 1. The molecule has 0 heterocycles. The van der Waals surface area contributed by atoms with E-state index in [2.05, 4.69) is 0 Å². The normalized spacial score (nSPS) is 11.0. The van der Waals surface area contributed by atoms with Crippen molar-refractivity contribution in [2.75, 3.05) is 6.61 Å². The molecule has 1 aromatic carbocycles. The van der Waals surface area contributed by atoms with E-state index in [0.717, 1.165) is 0 Å². The van der Waals surface area contributed by atoms with Crippen molar-refractivity contribution < 1.29 is 22.7 Å². The second-order valence-electron chi connectivity index (χ2n) is 4.10. The summed E-state index contributed by atoms with van der Waals surface area (Å²) in [6, 6.07) is 4.39. The van der Waals surface area contributed by atoms with Gasteiger partial charge in [0, 0.05) is 4.90 Å². The Morgan fingerprint density at radius 1 is 1.38 bits per heavy atom. The molecule has 0 radical (unpaired) electrons. The minimum absolute atomic E-state index is 0.101. The molecule has 0 aliphatic rings. The summed E-state index contributed by atoms with van der Waals surface area (Å²) in [4.78, 5) is 11.4. The predicted octanol–water partition coefficient (Wildman–Crippen LogP) is 3.84. The van der Waals surface area contributed by atoms with Gasteiger partial charge in [0.05, 0.1) is 24.7 Å². The molecule has 0 amide bonds. The van der Waals surface area contributed by atoms with E-state index < -0.39 is 11.5 Å². The van der Waals surface area contributed by atoms with Crippen molar-refractivity contribution in [3.05, 3.63) is 28.8 Å². The van der Waals surface area contributed by atoms with Crippen molar-refractivity contribution in [2.24, 2.45) is 0 Å². The van der Waals surface area contributed by atoms with Crippen molar-refractivity contribution in [2.45, 2.75) is 37.1 Å². The fourth-order valence-corrected chi connectivity index (χ4v) is 2.58. The number of halogens is 3. The molecule has 0 aromatic heterocycles. The molecule has 1 rings (SSSR count). The summed E-state index contributed by atoms with van der Waals surface area (Å²) in [5.41, 5.74) is -3.30. The first-order valence-corrected chi connectivity index (χ1v) is 7.09. The standard InChI is InChI=1S/C14H14F3NO2S/c1-3-12-9(7-13(19)20-4-2)5-11(6-10(12)8-18)21-14(15,16)17/h5-6H,3-4,7H2,1-2H3. The number of carbonyl (C=O) groups excluding carboxylic acids is 1. The maximum Gasteiger partial charge on any atom is 0.446 e. The topological polar surface area (TPSA) is 50.1 Å². The van der Waals surface area contributed by atoms with Crippen LogP contribution in [0.5, 0.6) is 0 Å². The lowest BCUT2D eigenvalue weighted by molar-refractivity contribution is -0.142. The highest BCUT2D eigenvalue weighted by molar-refractivity contribution is 8.00. The van der Waals surface area contributed by atoms with Crippen LogP contribution in [0, 0.1) is 11.3 Å². The molecule has 114 valence electrons. The van der Waals surface area contributed by atoms with Gasteiger partial charge in [0.2, 0.25) is 0 Å². The summed E-state index contributed by atoms with van der Waals surface area (Å²) in [7, 11) is 0. The van der Waals surface area contributed by atoms with E-state index in [-0.39, 0.29) is 35.2 Å². The molecule has 1 aromatic rings. The fourth-order valence-electron chi connectivity index (χ4n) is 1.94. The Bertz CT molecular complexity index is 565. The number of esters is 1. The molecule has 0 atom stereocenters. The van der Waals surface area contributed by atoms with Crippen LogP contribution in [-0.4, -0.2) is 18.1 Å². The molecule has 3 nitrogen and oxygen atoms in total. The van der Waals surface area contributed by atoms with Crippen LogP contribution < -0.4 is 0 Å². The monoisotopic (exact) mass is 317 g/mol. The number of hydrogen-bond acceptors (Lipinski definition) is 4. The van der Waals surface area contributed by atoms with Gasteiger partial charge in [-0.1, -0.05) is 6.92 Å². The Labute approximate surface area is 125 Å². The summed E-state index contributed by atoms with van der Waals surface area (Å²) in [5, 5.41) is 9.08. The molecule has 0 fully saturated rings. The van der Waals surface area contributed by atoms with Gasteiger partial charge in [0.15, 0.2) is 0 Å². The highest BCUT2D eigenvalue weighted by Gasteiger charge is 2.30. The lowest BCUT2D eigenvalue weighted by Gasteiger charge is -2.13. The minimum atomic E-state index is -4.44. The Hall–Kier alpha value is -1.68. The Kier molecular flexibility index (Phi) is 6.09. The number of carbonyl (C=O) groups is 1. The third-order valence-electron chi connectivity index (χ3n) is 2.66. The van der Waals surface area contributed by atoms with Gasteiger partial charge in [-0.15, -0.1) is 0 Å². The van der Waals surface area contributed by atoms with Gasteiger partial charge in [-0.25, -0.2) is 0 Å². The second kappa shape index (κ2) is 7.36. The van der Waals surface area contributed by atoms with Crippen LogP contribution in [0.3, 0.4) is 0 Å². The van der Waals surface area contributed by atoms with E-state index in [1.54, 1.807) is 13.8 Å². The SMILES string of the molecule is CCOC(=O)Cc1cc(SC(F)(F)F)cc(C#N)c1CC. The predicted molar refractivity (Wildman–Crippen MR) is 72.8 cm³/mol. The van der Waals surface area contributed by atoms with Gasteiger partial charge in [-0.2, -0.15) is 18.4 Å². The molecule has 0 N–H and O–H groups in total. The van der Waals surface area contributed by atoms with Crippen LogP contribution in [-0.2, 0) is 22.4 Å². The third kappa shape index (κ3) is 5.31. The summed E-state index contributed by atoms with van der Waals surface area (Å²) >= 11 is -0.299. The Morgan fingerprint density at radius 2 is 2.05 bits per heavy atom.